The Morgan fingerprint density at radius 3 is 2.69 bits per heavy atom. The van der Waals surface area contributed by atoms with Crippen molar-refractivity contribution in [1.29, 1.82) is 0 Å². The van der Waals surface area contributed by atoms with Gasteiger partial charge in [-0.15, -0.1) is 0 Å². The van der Waals surface area contributed by atoms with Crippen LogP contribution in [0.5, 0.6) is 5.75 Å². The first-order valence-corrected chi connectivity index (χ1v) is 5.23. The van der Waals surface area contributed by atoms with Gasteiger partial charge in [-0.25, -0.2) is 0 Å². The molecule has 2 aromatic rings. The molecule has 0 aliphatic rings. The molecule has 0 saturated carbocycles. The van der Waals surface area contributed by atoms with Gasteiger partial charge in [0.1, 0.15) is 5.75 Å². The summed E-state index contributed by atoms with van der Waals surface area (Å²) in [5.74, 6) is 0.788. The summed E-state index contributed by atoms with van der Waals surface area (Å²) in [4.78, 5) is 0. The fourth-order valence-corrected chi connectivity index (χ4v) is 1.49. The van der Waals surface area contributed by atoms with Crippen molar-refractivity contribution in [3.8, 4) is 17.0 Å². The van der Waals surface area contributed by atoms with E-state index < -0.39 is 0 Å². The lowest BCUT2D eigenvalue weighted by molar-refractivity contribution is 0.415. The normalized spacial score (nSPS) is 10.2. The number of hydrogen-bond acceptors (Lipinski definition) is 3. The van der Waals surface area contributed by atoms with Crippen molar-refractivity contribution in [2.45, 2.75) is 6.92 Å². The Balaban J connectivity index is 2.46. The van der Waals surface area contributed by atoms with E-state index >= 15 is 0 Å². The maximum absolute atomic E-state index is 6.00. The first kappa shape index (κ1) is 10.9. The first-order valence-electron chi connectivity index (χ1n) is 4.85. The van der Waals surface area contributed by atoms with Gasteiger partial charge >= 0.3 is 0 Å². The van der Waals surface area contributed by atoms with E-state index in [0.29, 0.717) is 5.02 Å². The Morgan fingerprint density at radius 1 is 1.19 bits per heavy atom. The van der Waals surface area contributed by atoms with Gasteiger partial charge in [-0.3, -0.25) is 0 Å². The van der Waals surface area contributed by atoms with Gasteiger partial charge in [0, 0.05) is 5.56 Å². The largest absolute Gasteiger partial charge is 0.497 e. The van der Waals surface area contributed by atoms with Crippen LogP contribution in [0.25, 0.3) is 11.3 Å². The van der Waals surface area contributed by atoms with Crippen molar-refractivity contribution in [3.05, 3.63) is 41.0 Å². The summed E-state index contributed by atoms with van der Waals surface area (Å²) >= 11 is 6.00. The van der Waals surface area contributed by atoms with Gasteiger partial charge in [-0.2, -0.15) is 10.2 Å². The number of rotatable bonds is 2. The van der Waals surface area contributed by atoms with Crippen LogP contribution in [-0.2, 0) is 0 Å². The molecular weight excluding hydrogens is 224 g/mol. The molecule has 0 radical (unpaired) electrons. The lowest BCUT2D eigenvalue weighted by atomic mass is 10.1. The summed E-state index contributed by atoms with van der Waals surface area (Å²) in [6.45, 7) is 1.82. The van der Waals surface area contributed by atoms with Crippen LogP contribution in [0.3, 0.4) is 0 Å². The monoisotopic (exact) mass is 234 g/mol. The second-order valence-electron chi connectivity index (χ2n) is 3.39. The predicted molar refractivity (Wildman–Crippen MR) is 63.8 cm³/mol. The number of nitrogens with zero attached hydrogens (tertiary/aromatic N) is 2. The minimum absolute atomic E-state index is 0.618. The van der Waals surface area contributed by atoms with Crippen molar-refractivity contribution in [2.75, 3.05) is 7.11 Å². The predicted octanol–water partition coefficient (Wildman–Crippen LogP) is 3.11. The number of methoxy groups -OCH3 is 1. The molecule has 4 heteroatoms. The summed E-state index contributed by atoms with van der Waals surface area (Å²) in [6.07, 6.45) is 0. The SMILES string of the molecule is COc1cccc(-c2cc(Cl)c(C)nn2)c1. The molecule has 82 valence electrons. The van der Waals surface area contributed by atoms with E-state index in [9.17, 15) is 0 Å². The Kier molecular flexibility index (Phi) is 3.06. The van der Waals surface area contributed by atoms with Crippen molar-refractivity contribution in [3.63, 3.8) is 0 Å². The summed E-state index contributed by atoms with van der Waals surface area (Å²) in [5.41, 5.74) is 2.41. The van der Waals surface area contributed by atoms with E-state index in [1.807, 2.05) is 31.2 Å². The molecule has 0 aliphatic heterocycles. The first-order chi connectivity index (χ1) is 7.70. The fraction of sp³-hybridized carbons (Fsp3) is 0.167. The van der Waals surface area contributed by atoms with Crippen LogP contribution in [0.1, 0.15) is 5.69 Å². The van der Waals surface area contributed by atoms with Crippen LogP contribution in [0, 0.1) is 6.92 Å². The van der Waals surface area contributed by atoms with Gasteiger partial charge in [0.25, 0.3) is 0 Å². The molecule has 1 aromatic carbocycles. The van der Waals surface area contributed by atoms with Crippen LogP contribution >= 0.6 is 11.6 Å². The van der Waals surface area contributed by atoms with Crippen LogP contribution in [0.2, 0.25) is 5.02 Å². The van der Waals surface area contributed by atoms with Crippen molar-refractivity contribution in [1.82, 2.24) is 10.2 Å². The van der Waals surface area contributed by atoms with Crippen molar-refractivity contribution < 1.29 is 4.74 Å². The summed E-state index contributed by atoms with van der Waals surface area (Å²) < 4.78 is 5.15. The molecule has 0 atom stereocenters. The molecule has 16 heavy (non-hydrogen) atoms. The molecule has 3 nitrogen and oxygen atoms in total. The summed E-state index contributed by atoms with van der Waals surface area (Å²) in [6, 6.07) is 9.43. The maximum atomic E-state index is 6.00. The molecule has 1 heterocycles. The molecule has 0 aliphatic carbocycles. The highest BCUT2D eigenvalue weighted by atomic mass is 35.5. The third-order valence-corrected chi connectivity index (χ3v) is 2.66. The fourth-order valence-electron chi connectivity index (χ4n) is 1.35. The number of halogens is 1. The number of aryl methyl sites for hydroxylation is 1. The summed E-state index contributed by atoms with van der Waals surface area (Å²) in [5, 5.41) is 8.70. The van der Waals surface area contributed by atoms with E-state index in [1.165, 1.54) is 0 Å². The molecule has 0 saturated heterocycles. The second kappa shape index (κ2) is 4.49. The number of ether oxygens (including phenoxy) is 1. The Hall–Kier alpha value is -1.61. The molecule has 1 aromatic heterocycles. The quantitative estimate of drug-likeness (QED) is 0.801. The Labute approximate surface area is 99.0 Å². The lowest BCUT2D eigenvalue weighted by Gasteiger charge is -2.04. The van der Waals surface area contributed by atoms with Gasteiger partial charge in [0.15, 0.2) is 0 Å². The van der Waals surface area contributed by atoms with E-state index in [1.54, 1.807) is 13.2 Å². The number of benzene rings is 1. The highest BCUT2D eigenvalue weighted by molar-refractivity contribution is 6.31. The molecule has 2 rings (SSSR count). The van der Waals surface area contributed by atoms with E-state index in [-0.39, 0.29) is 0 Å². The zero-order valence-electron chi connectivity index (χ0n) is 9.07. The lowest BCUT2D eigenvalue weighted by Crippen LogP contribution is -1.92. The number of aromatic nitrogens is 2. The van der Waals surface area contributed by atoms with Crippen LogP contribution in [0.4, 0.5) is 0 Å². The minimum atomic E-state index is 0.618. The third kappa shape index (κ3) is 2.14. The molecule has 0 spiro atoms. The smallest absolute Gasteiger partial charge is 0.119 e. The standard InChI is InChI=1S/C12H11ClN2O/c1-8-11(13)7-12(15-14-8)9-4-3-5-10(6-9)16-2/h3-7H,1-2H3. The second-order valence-corrected chi connectivity index (χ2v) is 3.80. The van der Waals surface area contributed by atoms with E-state index in [0.717, 1.165) is 22.7 Å². The highest BCUT2D eigenvalue weighted by Crippen LogP contribution is 2.24. The summed E-state index contributed by atoms with van der Waals surface area (Å²) in [7, 11) is 1.63. The number of hydrogen-bond donors (Lipinski definition) is 0. The third-order valence-electron chi connectivity index (χ3n) is 2.28. The van der Waals surface area contributed by atoms with Gasteiger partial charge in [-0.05, 0) is 25.1 Å². The molecule has 0 N–H and O–H groups in total. The van der Waals surface area contributed by atoms with Crippen LogP contribution < -0.4 is 4.74 Å². The molecule has 0 amide bonds. The van der Waals surface area contributed by atoms with Crippen molar-refractivity contribution in [2.24, 2.45) is 0 Å². The average molecular weight is 235 g/mol. The van der Waals surface area contributed by atoms with E-state index in [2.05, 4.69) is 10.2 Å². The topological polar surface area (TPSA) is 35.0 Å². The van der Waals surface area contributed by atoms with Gasteiger partial charge in [-0.1, -0.05) is 23.7 Å². The van der Waals surface area contributed by atoms with Gasteiger partial charge < -0.3 is 4.74 Å². The highest BCUT2D eigenvalue weighted by Gasteiger charge is 2.04. The average Bonchev–Trinajstić information content (AvgIpc) is 2.33. The molecule has 0 fully saturated rings. The van der Waals surface area contributed by atoms with Crippen LogP contribution in [-0.4, -0.2) is 17.3 Å². The zero-order valence-corrected chi connectivity index (χ0v) is 9.82. The maximum Gasteiger partial charge on any atom is 0.119 e. The Bertz CT molecular complexity index is 514. The Morgan fingerprint density at radius 2 is 2.00 bits per heavy atom. The molecular formula is C12H11ClN2O. The van der Waals surface area contributed by atoms with Gasteiger partial charge in [0.2, 0.25) is 0 Å². The van der Waals surface area contributed by atoms with Gasteiger partial charge in [0.05, 0.1) is 23.5 Å². The molecule has 0 bridgehead atoms. The zero-order chi connectivity index (χ0) is 11.5. The van der Waals surface area contributed by atoms with Crippen molar-refractivity contribution >= 4 is 11.6 Å². The van der Waals surface area contributed by atoms with E-state index in [4.69, 9.17) is 16.3 Å². The van der Waals surface area contributed by atoms with Crippen LogP contribution in [0.15, 0.2) is 30.3 Å². The minimum Gasteiger partial charge on any atom is -0.497 e. The molecule has 0 unspecified atom stereocenters.